The molecule has 1 aliphatic carbocycles. The third kappa shape index (κ3) is 5.67. The van der Waals surface area contributed by atoms with E-state index in [0.29, 0.717) is 5.92 Å². The van der Waals surface area contributed by atoms with Gasteiger partial charge in [0.05, 0.1) is 11.3 Å². The summed E-state index contributed by atoms with van der Waals surface area (Å²) >= 11 is 0. The maximum atomic E-state index is 13.5. The minimum absolute atomic E-state index is 0.204. The molecule has 0 aromatic carbocycles. The number of aromatic nitrogens is 1. The van der Waals surface area contributed by atoms with Crippen molar-refractivity contribution in [1.29, 1.82) is 0 Å². The number of carbonyl (C=O) groups is 1. The quantitative estimate of drug-likeness (QED) is 0.679. The van der Waals surface area contributed by atoms with Crippen LogP contribution in [0.2, 0.25) is 0 Å². The maximum Gasteiger partial charge on any atom is 0.255 e. The lowest BCUT2D eigenvalue weighted by Crippen LogP contribution is -2.51. The van der Waals surface area contributed by atoms with Crippen LogP contribution in [0.5, 0.6) is 0 Å². The minimum Gasteiger partial charge on any atom is -0.336 e. The first kappa shape index (κ1) is 22.7. The second kappa shape index (κ2) is 10.4. The molecule has 0 N–H and O–H groups in total. The Morgan fingerprint density at radius 3 is 2.32 bits per heavy atom. The van der Waals surface area contributed by atoms with E-state index in [9.17, 15) is 4.79 Å². The molecule has 3 fully saturated rings. The van der Waals surface area contributed by atoms with Crippen LogP contribution in [-0.2, 0) is 0 Å². The number of aryl methyl sites for hydroxylation is 1. The molecule has 4 rings (SSSR count). The second-order valence-corrected chi connectivity index (χ2v) is 10.5. The van der Waals surface area contributed by atoms with E-state index in [1.165, 1.54) is 38.6 Å². The van der Waals surface area contributed by atoms with Crippen molar-refractivity contribution in [2.75, 3.05) is 45.8 Å². The highest BCUT2D eigenvalue weighted by Crippen LogP contribution is 2.31. The first-order chi connectivity index (χ1) is 15.0. The molecule has 0 bridgehead atoms. The number of amides is 1. The molecule has 2 saturated heterocycles. The molecule has 2 aliphatic heterocycles. The Morgan fingerprint density at radius 1 is 1.00 bits per heavy atom. The van der Waals surface area contributed by atoms with Crippen molar-refractivity contribution in [2.45, 2.75) is 77.7 Å². The van der Waals surface area contributed by atoms with Gasteiger partial charge in [0.1, 0.15) is 0 Å². The number of piperazine rings is 1. The van der Waals surface area contributed by atoms with E-state index in [2.05, 4.69) is 41.5 Å². The predicted molar refractivity (Wildman–Crippen MR) is 127 cm³/mol. The maximum absolute atomic E-state index is 13.5. The molecule has 1 aromatic heterocycles. The molecular formula is C26H42N4O. The van der Waals surface area contributed by atoms with Gasteiger partial charge in [0.25, 0.3) is 5.91 Å². The van der Waals surface area contributed by atoms with Crippen LogP contribution in [0.3, 0.4) is 0 Å². The Balaban J connectivity index is 1.38. The molecule has 172 valence electrons. The number of pyridine rings is 1. The highest BCUT2D eigenvalue weighted by molar-refractivity contribution is 5.95. The number of carbonyl (C=O) groups excluding carboxylic acids is 1. The van der Waals surface area contributed by atoms with Crippen LogP contribution in [0.4, 0.5) is 0 Å². The van der Waals surface area contributed by atoms with Gasteiger partial charge in [0.2, 0.25) is 0 Å². The molecule has 1 saturated carbocycles. The molecule has 31 heavy (non-hydrogen) atoms. The Bertz CT molecular complexity index is 727. The summed E-state index contributed by atoms with van der Waals surface area (Å²) in [5.74, 6) is 1.37. The number of hydrogen-bond donors (Lipinski definition) is 0. The zero-order valence-corrected chi connectivity index (χ0v) is 20.0. The number of hydrogen-bond acceptors (Lipinski definition) is 4. The smallest absolute Gasteiger partial charge is 0.255 e. The van der Waals surface area contributed by atoms with E-state index in [-0.39, 0.29) is 5.91 Å². The first-order valence-corrected chi connectivity index (χ1v) is 12.7. The normalized spacial score (nSPS) is 22.5. The van der Waals surface area contributed by atoms with Crippen LogP contribution in [0.25, 0.3) is 0 Å². The summed E-state index contributed by atoms with van der Waals surface area (Å²) in [7, 11) is 0. The average molecular weight is 427 g/mol. The third-order valence-electron chi connectivity index (χ3n) is 7.73. The highest BCUT2D eigenvalue weighted by atomic mass is 16.2. The van der Waals surface area contributed by atoms with Gasteiger partial charge in [-0.25, -0.2) is 0 Å². The zero-order valence-electron chi connectivity index (χ0n) is 20.0. The van der Waals surface area contributed by atoms with Crippen molar-refractivity contribution in [1.82, 2.24) is 19.7 Å². The second-order valence-electron chi connectivity index (χ2n) is 10.5. The van der Waals surface area contributed by atoms with Gasteiger partial charge >= 0.3 is 0 Å². The van der Waals surface area contributed by atoms with Crippen molar-refractivity contribution in [3.63, 3.8) is 0 Å². The fourth-order valence-corrected chi connectivity index (χ4v) is 5.67. The van der Waals surface area contributed by atoms with Crippen LogP contribution >= 0.6 is 0 Å². The Kier molecular flexibility index (Phi) is 7.65. The fraction of sp³-hybridized carbons (Fsp3) is 0.769. The monoisotopic (exact) mass is 426 g/mol. The zero-order chi connectivity index (χ0) is 21.8. The van der Waals surface area contributed by atoms with Gasteiger partial charge in [-0.05, 0) is 76.7 Å². The van der Waals surface area contributed by atoms with Gasteiger partial charge in [0.15, 0.2) is 0 Å². The van der Waals surface area contributed by atoms with Crippen LogP contribution in [0.15, 0.2) is 12.1 Å². The van der Waals surface area contributed by atoms with Crippen molar-refractivity contribution < 1.29 is 4.79 Å². The van der Waals surface area contributed by atoms with Crippen LogP contribution in [0.1, 0.15) is 86.5 Å². The van der Waals surface area contributed by atoms with E-state index in [4.69, 9.17) is 4.98 Å². The Labute approximate surface area is 189 Å². The first-order valence-electron chi connectivity index (χ1n) is 12.7. The summed E-state index contributed by atoms with van der Waals surface area (Å²) in [6.45, 7) is 13.9. The van der Waals surface area contributed by atoms with Gasteiger partial charge in [-0.1, -0.05) is 26.7 Å². The lowest BCUT2D eigenvalue weighted by atomic mass is 9.89. The van der Waals surface area contributed by atoms with Crippen molar-refractivity contribution in [3.05, 3.63) is 29.1 Å². The molecule has 5 nitrogen and oxygen atoms in total. The number of nitrogens with zero attached hydrogens (tertiary/aromatic N) is 4. The molecule has 5 heteroatoms. The summed E-state index contributed by atoms with van der Waals surface area (Å²) in [6.07, 6.45) is 8.93. The third-order valence-corrected chi connectivity index (χ3v) is 7.73. The molecule has 3 aliphatic rings. The SMILES string of the molecule is Cc1ccc(C(=O)N2CCN(C3CCCC3)CC2)c(C2CCN(CCC(C)C)CC2)n1. The van der Waals surface area contributed by atoms with Crippen LogP contribution in [0, 0.1) is 12.8 Å². The molecule has 0 atom stereocenters. The van der Waals surface area contributed by atoms with Gasteiger partial charge in [-0.2, -0.15) is 0 Å². The summed E-state index contributed by atoms with van der Waals surface area (Å²) in [4.78, 5) is 25.7. The van der Waals surface area contributed by atoms with Gasteiger partial charge in [-0.15, -0.1) is 0 Å². The van der Waals surface area contributed by atoms with E-state index in [0.717, 1.165) is 81.0 Å². The molecule has 3 heterocycles. The van der Waals surface area contributed by atoms with Crippen molar-refractivity contribution >= 4 is 5.91 Å². The average Bonchev–Trinajstić information content (AvgIpc) is 3.33. The Hall–Kier alpha value is -1.46. The van der Waals surface area contributed by atoms with E-state index in [1.807, 2.05) is 6.07 Å². The Morgan fingerprint density at radius 2 is 1.68 bits per heavy atom. The summed E-state index contributed by atoms with van der Waals surface area (Å²) in [5.41, 5.74) is 2.95. The summed E-state index contributed by atoms with van der Waals surface area (Å²) in [5, 5.41) is 0. The van der Waals surface area contributed by atoms with Gasteiger partial charge < -0.3 is 9.80 Å². The van der Waals surface area contributed by atoms with Crippen LogP contribution < -0.4 is 0 Å². The lowest BCUT2D eigenvalue weighted by molar-refractivity contribution is 0.0570. The van der Waals surface area contributed by atoms with Crippen LogP contribution in [-0.4, -0.2) is 77.4 Å². The van der Waals surface area contributed by atoms with Crippen molar-refractivity contribution in [3.8, 4) is 0 Å². The molecule has 1 aromatic rings. The van der Waals surface area contributed by atoms with E-state index >= 15 is 0 Å². The standard InChI is InChI=1S/C26H42N4O/c1-20(2)10-13-28-14-11-22(12-15-28)25-24(9-8-21(3)27-25)26(31)30-18-16-29(17-19-30)23-6-4-5-7-23/h8-9,20,22-23H,4-7,10-19H2,1-3H3. The van der Waals surface area contributed by atoms with Gasteiger partial charge in [0, 0.05) is 43.8 Å². The lowest BCUT2D eigenvalue weighted by Gasteiger charge is -2.38. The van der Waals surface area contributed by atoms with Crippen molar-refractivity contribution in [2.24, 2.45) is 5.92 Å². The molecule has 0 spiro atoms. The van der Waals surface area contributed by atoms with E-state index in [1.54, 1.807) is 0 Å². The summed E-state index contributed by atoms with van der Waals surface area (Å²) in [6, 6.07) is 4.83. The fourth-order valence-electron chi connectivity index (χ4n) is 5.67. The topological polar surface area (TPSA) is 39.7 Å². The highest BCUT2D eigenvalue weighted by Gasteiger charge is 2.31. The summed E-state index contributed by atoms with van der Waals surface area (Å²) < 4.78 is 0. The van der Waals surface area contributed by atoms with Gasteiger partial charge in [-0.3, -0.25) is 14.7 Å². The molecule has 1 amide bonds. The minimum atomic E-state index is 0.204. The van der Waals surface area contributed by atoms with E-state index < -0.39 is 0 Å². The predicted octanol–water partition coefficient (Wildman–Crippen LogP) is 4.32. The number of piperidine rings is 1. The number of likely N-dealkylation sites (tertiary alicyclic amines) is 1. The largest absolute Gasteiger partial charge is 0.336 e. The molecule has 0 radical (unpaired) electrons. The molecule has 0 unspecified atom stereocenters. The number of rotatable bonds is 6. The molecular weight excluding hydrogens is 384 g/mol.